The third-order valence-corrected chi connectivity index (χ3v) is 9.78. The summed E-state index contributed by atoms with van der Waals surface area (Å²) >= 11 is 0. The summed E-state index contributed by atoms with van der Waals surface area (Å²) in [4.78, 5) is 56.7. The van der Waals surface area contributed by atoms with Crippen molar-refractivity contribution in [3.05, 3.63) is 110 Å². The molecule has 18 heteroatoms. The number of hydrogen-bond donors (Lipinski definition) is 0. The molecule has 60 heavy (non-hydrogen) atoms. The average molecular weight is 787 g/mol. The number of nitrogens with zero attached hydrogens (tertiary/aromatic N) is 12. The highest BCUT2D eigenvalue weighted by molar-refractivity contribution is 6.11. The first kappa shape index (κ1) is 32.1. The Morgan fingerprint density at radius 3 is 0.550 bits per heavy atom. The Morgan fingerprint density at radius 1 is 0.233 bits per heavy atom. The zero-order valence-corrected chi connectivity index (χ0v) is 30.2. The molecular weight excluding hydrogens is 769 g/mol. The molecule has 0 atom stereocenters. The minimum atomic E-state index is 0.0656. The van der Waals surface area contributed by atoms with Crippen molar-refractivity contribution >= 4 is 67.4 Å². The van der Waals surface area contributed by atoms with E-state index in [1.54, 1.807) is 110 Å². The van der Waals surface area contributed by atoms with Crippen LogP contribution in [0.15, 0.2) is 136 Å². The van der Waals surface area contributed by atoms with E-state index >= 15 is 0 Å². The minimum Gasteiger partial charge on any atom is -0.418 e. The Labute approximate surface area is 331 Å². The molecule has 282 valence electrons. The lowest BCUT2D eigenvalue weighted by Crippen LogP contribution is -2.03. The molecule has 0 N–H and O–H groups in total. The Bertz CT molecular complexity index is 2980. The first-order valence-electron chi connectivity index (χ1n) is 18.3. The summed E-state index contributed by atoms with van der Waals surface area (Å²) in [5.74, 6) is 0.394. The summed E-state index contributed by atoms with van der Waals surface area (Å²) in [6.45, 7) is 0. The van der Waals surface area contributed by atoms with Crippen LogP contribution in [-0.4, -0.2) is 59.8 Å². The Kier molecular flexibility index (Phi) is 6.53. The van der Waals surface area contributed by atoms with Crippen LogP contribution in [0.1, 0.15) is 0 Å². The normalized spacial score (nSPS) is 12.0. The Hall–Kier alpha value is -9.06. The summed E-state index contributed by atoms with van der Waals surface area (Å²) in [6, 6.07) is 21.2. The van der Waals surface area contributed by atoms with E-state index in [1.165, 1.54) is 0 Å². The van der Waals surface area contributed by atoms with Crippen LogP contribution >= 0.6 is 0 Å². The predicted molar refractivity (Wildman–Crippen MR) is 211 cm³/mol. The maximum atomic E-state index is 6.55. The van der Waals surface area contributed by atoms with Gasteiger partial charge in [-0.1, -0.05) is 0 Å². The van der Waals surface area contributed by atoms with Crippen molar-refractivity contribution in [2.24, 2.45) is 0 Å². The van der Waals surface area contributed by atoms with Crippen molar-refractivity contribution < 1.29 is 26.5 Å². The van der Waals surface area contributed by atoms with Crippen molar-refractivity contribution in [1.29, 1.82) is 0 Å². The second-order valence-electron chi connectivity index (χ2n) is 13.3. The van der Waals surface area contributed by atoms with Crippen LogP contribution in [0.5, 0.6) is 0 Å². The molecule has 0 aliphatic carbocycles. The highest BCUT2D eigenvalue weighted by Gasteiger charge is 2.40. The van der Waals surface area contributed by atoms with Gasteiger partial charge < -0.3 is 26.5 Å². The third kappa shape index (κ3) is 4.81. The summed E-state index contributed by atoms with van der Waals surface area (Å²) in [6.07, 6.45) is 9.64. The van der Waals surface area contributed by atoms with E-state index in [2.05, 4.69) is 29.9 Å². The van der Waals surface area contributed by atoms with Crippen molar-refractivity contribution in [1.82, 2.24) is 59.8 Å². The van der Waals surface area contributed by atoms with Gasteiger partial charge in [-0.05, 0) is 72.8 Å². The molecular formula is C42H18N12O6. The lowest BCUT2D eigenvalue weighted by Gasteiger charge is -2.19. The Balaban J connectivity index is 1.32. The van der Waals surface area contributed by atoms with Crippen molar-refractivity contribution in [2.75, 3.05) is 0 Å². The predicted octanol–water partition coefficient (Wildman–Crippen LogP) is 8.91. The largest absolute Gasteiger partial charge is 0.418 e. The minimum absolute atomic E-state index is 0.0656. The number of pyridine rings is 6. The van der Waals surface area contributed by atoms with Gasteiger partial charge >= 0.3 is 0 Å². The first-order chi connectivity index (χ1) is 29.7. The standard InChI is InChI=1S/C42H18N12O6/c1-7-19-31(43-13-1)55-37(49-19)25-26(38-50-20-8-2-14-44-32(20)56-38)28(40-52-22-10-4-16-46-34(22)58-40)30(42-54-24-12-6-18-48-36(24)60-42)29(41-53-23-11-5-17-47-35(23)59-41)27(25)39-51-21-9-3-15-45-33(21)57-39/h1-18H. The second-order valence-corrected chi connectivity index (χ2v) is 13.3. The van der Waals surface area contributed by atoms with E-state index in [1.807, 2.05) is 0 Å². The summed E-state index contributed by atoms with van der Waals surface area (Å²) in [5, 5.41) is 0. The van der Waals surface area contributed by atoms with Gasteiger partial charge in [0, 0.05) is 37.2 Å². The summed E-state index contributed by atoms with van der Waals surface area (Å²) in [5.41, 5.74) is 5.72. The second kappa shape index (κ2) is 12.2. The van der Waals surface area contributed by atoms with E-state index in [9.17, 15) is 0 Å². The first-order valence-corrected chi connectivity index (χ1v) is 18.3. The van der Waals surface area contributed by atoms with Crippen LogP contribution < -0.4 is 0 Å². The summed E-state index contributed by atoms with van der Waals surface area (Å²) < 4.78 is 39.3. The highest BCUT2D eigenvalue weighted by atomic mass is 16.4. The number of benzene rings is 1. The number of rotatable bonds is 6. The fourth-order valence-corrected chi connectivity index (χ4v) is 7.29. The molecule has 0 saturated heterocycles. The quantitative estimate of drug-likeness (QED) is 0.153. The smallest absolute Gasteiger partial charge is 0.247 e. The molecule has 0 saturated carbocycles. The molecule has 12 heterocycles. The van der Waals surface area contributed by atoms with Gasteiger partial charge in [0.1, 0.15) is 33.1 Å². The topological polar surface area (TPSA) is 234 Å². The fraction of sp³-hybridized carbons (Fsp3) is 0. The van der Waals surface area contributed by atoms with Crippen LogP contribution in [0.3, 0.4) is 0 Å². The molecule has 13 aromatic rings. The molecule has 1 aromatic carbocycles. The number of fused-ring (bicyclic) bond motifs is 6. The molecule has 0 amide bonds. The van der Waals surface area contributed by atoms with Crippen molar-refractivity contribution in [3.8, 4) is 68.7 Å². The van der Waals surface area contributed by atoms with Gasteiger partial charge in [0.2, 0.25) is 69.6 Å². The molecule has 13 rings (SSSR count). The molecule has 0 fully saturated rings. The zero-order valence-electron chi connectivity index (χ0n) is 30.2. The number of aromatic nitrogens is 12. The van der Waals surface area contributed by atoms with Gasteiger partial charge in [-0.2, -0.15) is 0 Å². The molecule has 12 aromatic heterocycles. The van der Waals surface area contributed by atoms with Crippen LogP contribution in [0.25, 0.3) is 136 Å². The lowest BCUT2D eigenvalue weighted by atomic mass is 9.85. The number of hydrogen-bond acceptors (Lipinski definition) is 18. The van der Waals surface area contributed by atoms with Gasteiger partial charge in [0.15, 0.2) is 0 Å². The fourth-order valence-electron chi connectivity index (χ4n) is 7.29. The van der Waals surface area contributed by atoms with Gasteiger partial charge in [0.25, 0.3) is 0 Å². The van der Waals surface area contributed by atoms with Crippen LogP contribution in [0.4, 0.5) is 0 Å². The molecule has 0 spiro atoms. The molecule has 18 nitrogen and oxygen atoms in total. The SMILES string of the molecule is c1cnc2oc(-c3c(-c4nc5cccnc5o4)c(-c4nc5cccnc5o4)c(-c4nc5cccnc5o4)c(-c4nc5cccnc5o4)c3-c3nc4cccnc4o3)nc2c1. The maximum Gasteiger partial charge on any atom is 0.247 e. The third-order valence-electron chi connectivity index (χ3n) is 9.78. The van der Waals surface area contributed by atoms with E-state index in [-0.39, 0.29) is 103 Å². The van der Waals surface area contributed by atoms with Gasteiger partial charge in [-0.25, -0.2) is 59.8 Å². The van der Waals surface area contributed by atoms with Crippen LogP contribution in [0, 0.1) is 0 Å². The van der Waals surface area contributed by atoms with Crippen LogP contribution in [0.2, 0.25) is 0 Å². The zero-order chi connectivity index (χ0) is 39.3. The van der Waals surface area contributed by atoms with E-state index < -0.39 is 0 Å². The molecule has 0 aliphatic rings. The Morgan fingerprint density at radius 2 is 0.400 bits per heavy atom. The van der Waals surface area contributed by atoms with Gasteiger partial charge in [-0.3, -0.25) is 0 Å². The monoisotopic (exact) mass is 786 g/mol. The molecule has 0 unspecified atom stereocenters. The lowest BCUT2D eigenvalue weighted by molar-refractivity contribution is 0.586. The van der Waals surface area contributed by atoms with Crippen molar-refractivity contribution in [3.63, 3.8) is 0 Å². The average Bonchev–Trinajstić information content (AvgIpc) is 4.15. The summed E-state index contributed by atoms with van der Waals surface area (Å²) in [7, 11) is 0. The number of oxazole rings is 6. The molecule has 0 radical (unpaired) electrons. The molecule has 0 aliphatic heterocycles. The molecule has 0 bridgehead atoms. The van der Waals surface area contributed by atoms with E-state index in [4.69, 9.17) is 56.4 Å². The van der Waals surface area contributed by atoms with E-state index in [0.29, 0.717) is 33.1 Å². The highest BCUT2D eigenvalue weighted by Crippen LogP contribution is 2.56. The van der Waals surface area contributed by atoms with Crippen LogP contribution in [-0.2, 0) is 0 Å². The maximum absolute atomic E-state index is 6.55. The van der Waals surface area contributed by atoms with Crippen molar-refractivity contribution in [2.45, 2.75) is 0 Å². The van der Waals surface area contributed by atoms with E-state index in [0.717, 1.165) is 0 Å². The van der Waals surface area contributed by atoms with Gasteiger partial charge in [-0.15, -0.1) is 0 Å². The van der Waals surface area contributed by atoms with Gasteiger partial charge in [0.05, 0.1) is 33.4 Å².